The van der Waals surface area contributed by atoms with Crippen LogP contribution in [0.3, 0.4) is 0 Å². The molecule has 1 aromatic carbocycles. The van der Waals surface area contributed by atoms with Crippen molar-refractivity contribution in [2.24, 2.45) is 34.2 Å². The molecule has 0 spiro atoms. The Morgan fingerprint density at radius 1 is 0.671 bits per heavy atom. The SMILES string of the molecule is CC(C)C[C@H](NC(=O)[C@H](Cc1cnc[nH]1)NC(=O)[C@H](CC(C)C)NC(=O)[C@H](CO)NC(=O)[C@H](CC(C)C)NC(=O)[C@H](CCCN=C(N)N)NC(=O)[C@H](Cc1ccccc1)NC(=O)[C@@H]1CCCN1)C(=O)O. The zero-order valence-electron chi connectivity index (χ0n) is 41.1. The maximum Gasteiger partial charge on any atom is 0.326 e. The number of hydrogen-bond donors (Lipinski definition) is 13. The zero-order chi connectivity index (χ0) is 51.9. The standard InChI is InChI=1S/C47H75N13O10/c1-26(2)18-33(41(64)58-36(22-30-23-50-25-53-30)44(67)59-37(46(69)70)20-28(5)6)56-45(68)38(24-61)60-42(65)34(19-27(3)4)55-40(63)32(15-11-17-52-47(48)49)54-43(66)35(21-29-12-8-7-9-13-29)57-39(62)31-14-10-16-51-31/h7-9,12-13,23,25-28,31-38,51,61H,10-11,14-22,24H2,1-6H3,(H,50,53)(H,54,66)(H,55,63)(H,56,68)(H,57,62)(H,58,64)(H,59,67)(H,60,65)(H,69,70)(H4,48,49,52)/t31-,32-,33-,34-,35-,36-,37-,38-/m0/s1. The lowest BCUT2D eigenvalue weighted by Gasteiger charge is -2.28. The number of imidazole rings is 1. The van der Waals surface area contributed by atoms with Crippen molar-refractivity contribution in [1.82, 2.24) is 52.5 Å². The Labute approximate surface area is 409 Å². The maximum absolute atomic E-state index is 14.2. The normalized spacial score (nSPS) is 16.4. The molecule has 23 heteroatoms. The first-order chi connectivity index (χ1) is 33.2. The molecule has 23 nitrogen and oxygen atoms in total. The van der Waals surface area contributed by atoms with E-state index in [1.54, 1.807) is 53.7 Å². The van der Waals surface area contributed by atoms with Gasteiger partial charge in [0.2, 0.25) is 41.4 Å². The lowest BCUT2D eigenvalue weighted by atomic mass is 10.0. The Balaban J connectivity index is 1.82. The molecule has 7 amide bonds. The molecule has 0 radical (unpaired) electrons. The fraction of sp³-hybridized carbons (Fsp3) is 0.617. The quantitative estimate of drug-likeness (QED) is 0.0244. The number of carbonyl (C=O) groups is 8. The molecule has 1 aliphatic rings. The zero-order valence-corrected chi connectivity index (χ0v) is 41.1. The molecular weight excluding hydrogens is 907 g/mol. The minimum Gasteiger partial charge on any atom is -0.480 e. The number of nitrogens with two attached hydrogens (primary N) is 2. The molecule has 8 atom stereocenters. The number of aromatic amines is 1. The van der Waals surface area contributed by atoms with E-state index in [2.05, 4.69) is 57.5 Å². The average Bonchev–Trinajstić information content (AvgIpc) is 4.03. The molecule has 388 valence electrons. The van der Waals surface area contributed by atoms with E-state index >= 15 is 0 Å². The molecule has 1 saturated heterocycles. The number of hydrogen-bond acceptors (Lipinski definition) is 12. The summed E-state index contributed by atoms with van der Waals surface area (Å²) in [6.07, 6.45) is 4.71. The highest BCUT2D eigenvalue weighted by atomic mass is 16.4. The van der Waals surface area contributed by atoms with E-state index in [4.69, 9.17) is 11.5 Å². The monoisotopic (exact) mass is 982 g/mol. The van der Waals surface area contributed by atoms with Gasteiger partial charge >= 0.3 is 5.97 Å². The molecule has 3 rings (SSSR count). The average molecular weight is 982 g/mol. The van der Waals surface area contributed by atoms with Crippen molar-refractivity contribution in [1.29, 1.82) is 0 Å². The van der Waals surface area contributed by atoms with Crippen LogP contribution in [0.25, 0.3) is 0 Å². The topological polar surface area (TPSA) is 366 Å². The van der Waals surface area contributed by atoms with Crippen LogP contribution in [0.2, 0.25) is 0 Å². The van der Waals surface area contributed by atoms with Gasteiger partial charge in [-0.25, -0.2) is 9.78 Å². The molecule has 1 fully saturated rings. The van der Waals surface area contributed by atoms with Crippen LogP contribution in [0.4, 0.5) is 0 Å². The van der Waals surface area contributed by atoms with Crippen molar-refractivity contribution in [3.8, 4) is 0 Å². The molecule has 0 bridgehead atoms. The minimum absolute atomic E-state index is 0.0179. The van der Waals surface area contributed by atoms with Gasteiger partial charge in [0.25, 0.3) is 0 Å². The Kier molecular flexibility index (Phi) is 24.2. The van der Waals surface area contributed by atoms with Gasteiger partial charge in [-0.1, -0.05) is 71.9 Å². The van der Waals surface area contributed by atoms with E-state index in [0.717, 1.165) is 12.0 Å². The predicted octanol–water partition coefficient (Wildman–Crippen LogP) is -1.39. The molecule has 0 aliphatic carbocycles. The van der Waals surface area contributed by atoms with E-state index in [0.29, 0.717) is 18.7 Å². The third kappa shape index (κ3) is 20.5. The van der Waals surface area contributed by atoms with Crippen molar-refractivity contribution in [2.45, 2.75) is 148 Å². The second kappa shape index (κ2) is 29.4. The summed E-state index contributed by atoms with van der Waals surface area (Å²) in [7, 11) is 0. The Morgan fingerprint density at radius 3 is 1.66 bits per heavy atom. The van der Waals surface area contributed by atoms with Crippen LogP contribution >= 0.6 is 0 Å². The van der Waals surface area contributed by atoms with Crippen LogP contribution in [-0.4, -0.2) is 141 Å². The molecule has 1 aliphatic heterocycles. The summed E-state index contributed by atoms with van der Waals surface area (Å²) in [5, 5.41) is 41.8. The van der Waals surface area contributed by atoms with Crippen molar-refractivity contribution in [3.05, 3.63) is 54.1 Å². The number of benzene rings is 1. The van der Waals surface area contributed by atoms with Crippen LogP contribution in [0.5, 0.6) is 0 Å². The van der Waals surface area contributed by atoms with Gasteiger partial charge in [0.05, 0.1) is 19.0 Å². The number of rotatable bonds is 30. The number of amides is 7. The van der Waals surface area contributed by atoms with Gasteiger partial charge < -0.3 is 69.2 Å². The smallest absolute Gasteiger partial charge is 0.326 e. The van der Waals surface area contributed by atoms with Crippen LogP contribution in [0, 0.1) is 17.8 Å². The fourth-order valence-corrected chi connectivity index (χ4v) is 7.76. The number of carbonyl (C=O) groups excluding carboxylic acids is 7. The Hall–Kier alpha value is -6.62. The van der Waals surface area contributed by atoms with Gasteiger partial charge in [-0.2, -0.15) is 0 Å². The number of nitrogens with zero attached hydrogens (tertiary/aromatic N) is 2. The third-order valence-corrected chi connectivity index (χ3v) is 11.3. The summed E-state index contributed by atoms with van der Waals surface area (Å²) in [5.74, 6) is -7.02. The number of aliphatic hydroxyl groups is 1. The van der Waals surface area contributed by atoms with E-state index in [1.165, 1.54) is 12.5 Å². The first-order valence-corrected chi connectivity index (χ1v) is 23.9. The van der Waals surface area contributed by atoms with Crippen molar-refractivity contribution in [3.63, 3.8) is 0 Å². The van der Waals surface area contributed by atoms with Crippen molar-refractivity contribution in [2.75, 3.05) is 19.7 Å². The van der Waals surface area contributed by atoms with Gasteiger partial charge in [-0.15, -0.1) is 0 Å². The summed E-state index contributed by atoms with van der Waals surface area (Å²) in [4.78, 5) is 120. The molecule has 70 heavy (non-hydrogen) atoms. The third-order valence-electron chi connectivity index (χ3n) is 11.3. The number of aliphatic hydroxyl groups excluding tert-OH is 1. The molecule has 15 N–H and O–H groups in total. The highest BCUT2D eigenvalue weighted by Crippen LogP contribution is 2.13. The summed E-state index contributed by atoms with van der Waals surface area (Å²) in [5.41, 5.74) is 12.2. The Morgan fingerprint density at radius 2 is 1.16 bits per heavy atom. The number of aliphatic imine (C=N–C) groups is 1. The largest absolute Gasteiger partial charge is 0.480 e. The molecule has 2 heterocycles. The van der Waals surface area contributed by atoms with Gasteiger partial charge in [-0.3, -0.25) is 38.6 Å². The summed E-state index contributed by atoms with van der Waals surface area (Å²) >= 11 is 0. The second-order valence-electron chi connectivity index (χ2n) is 18.9. The van der Waals surface area contributed by atoms with Crippen LogP contribution < -0.4 is 54.0 Å². The number of guanidine groups is 1. The number of carboxylic acid groups (broad SMARTS) is 1. The van der Waals surface area contributed by atoms with E-state index < -0.39 is 96.4 Å². The number of nitrogens with one attached hydrogen (secondary N) is 9. The lowest BCUT2D eigenvalue weighted by molar-refractivity contribution is -0.142. The molecule has 0 unspecified atom stereocenters. The first kappa shape index (κ1) is 57.7. The van der Waals surface area contributed by atoms with Crippen LogP contribution in [-0.2, 0) is 51.2 Å². The fourth-order valence-electron chi connectivity index (χ4n) is 7.76. The minimum atomic E-state index is -1.62. The van der Waals surface area contributed by atoms with E-state index in [-0.39, 0.29) is 81.1 Å². The molecule has 2 aromatic rings. The van der Waals surface area contributed by atoms with Gasteiger partial charge in [0, 0.05) is 31.3 Å². The number of aliphatic carboxylic acids is 1. The predicted molar refractivity (Wildman–Crippen MR) is 260 cm³/mol. The number of H-pyrrole nitrogens is 1. The van der Waals surface area contributed by atoms with E-state index in [1.807, 2.05) is 18.2 Å². The lowest BCUT2D eigenvalue weighted by Crippen LogP contribution is -2.61. The highest BCUT2D eigenvalue weighted by Gasteiger charge is 2.35. The maximum atomic E-state index is 14.2. The summed E-state index contributed by atoms with van der Waals surface area (Å²) < 4.78 is 0. The highest BCUT2D eigenvalue weighted by molar-refractivity contribution is 5.97. The van der Waals surface area contributed by atoms with E-state index in [9.17, 15) is 48.6 Å². The second-order valence-corrected chi connectivity index (χ2v) is 18.9. The Bertz CT molecular complexity index is 2040. The first-order valence-electron chi connectivity index (χ1n) is 23.9. The van der Waals surface area contributed by atoms with Gasteiger partial charge in [-0.05, 0) is 74.8 Å². The number of aromatic nitrogens is 2. The summed E-state index contributed by atoms with van der Waals surface area (Å²) in [6.45, 7) is 10.6. The van der Waals surface area contributed by atoms with Crippen molar-refractivity contribution < 1.29 is 48.6 Å². The van der Waals surface area contributed by atoms with Crippen LogP contribution in [0.15, 0.2) is 47.8 Å². The van der Waals surface area contributed by atoms with Gasteiger partial charge in [0.15, 0.2) is 5.96 Å². The molecule has 0 saturated carbocycles. The van der Waals surface area contributed by atoms with Gasteiger partial charge in [0.1, 0.15) is 42.3 Å². The molecular formula is C47H75N13O10. The summed E-state index contributed by atoms with van der Waals surface area (Å²) in [6, 6.07) is -0.521. The number of carboxylic acids is 1. The van der Waals surface area contributed by atoms with Crippen LogP contribution in [0.1, 0.15) is 97.7 Å². The molecule has 1 aromatic heterocycles. The van der Waals surface area contributed by atoms with Crippen molar-refractivity contribution >= 4 is 53.3 Å².